The quantitative estimate of drug-likeness (QED) is 0.794. The molecule has 0 bridgehead atoms. The van der Waals surface area contributed by atoms with Gasteiger partial charge in [-0.2, -0.15) is 0 Å². The third-order valence-electron chi connectivity index (χ3n) is 4.71. The van der Waals surface area contributed by atoms with Crippen LogP contribution in [0.4, 0.5) is 17.3 Å². The summed E-state index contributed by atoms with van der Waals surface area (Å²) in [6.07, 6.45) is 3.29. The largest absolute Gasteiger partial charge is 0.378 e. The van der Waals surface area contributed by atoms with E-state index >= 15 is 0 Å². The summed E-state index contributed by atoms with van der Waals surface area (Å²) in [6, 6.07) is 7.11. The van der Waals surface area contributed by atoms with Gasteiger partial charge in [0, 0.05) is 32.4 Å². The molecule has 0 radical (unpaired) electrons. The van der Waals surface area contributed by atoms with Crippen LogP contribution < -0.4 is 20.4 Å². The zero-order chi connectivity index (χ0) is 19.3. The highest BCUT2D eigenvalue weighted by molar-refractivity contribution is 6.07. The maximum absolute atomic E-state index is 12.8. The van der Waals surface area contributed by atoms with Crippen molar-refractivity contribution in [2.24, 2.45) is 0 Å². The molecule has 0 atom stereocenters. The van der Waals surface area contributed by atoms with Crippen LogP contribution in [-0.4, -0.2) is 67.7 Å². The Morgan fingerprint density at radius 3 is 2.71 bits per heavy atom. The lowest BCUT2D eigenvalue weighted by atomic mass is 10.2. The van der Waals surface area contributed by atoms with Crippen LogP contribution in [0.1, 0.15) is 10.4 Å². The predicted molar refractivity (Wildman–Crippen MR) is 105 cm³/mol. The summed E-state index contributed by atoms with van der Waals surface area (Å²) in [7, 11) is 0. The van der Waals surface area contributed by atoms with E-state index in [0.29, 0.717) is 62.3 Å². The van der Waals surface area contributed by atoms with E-state index in [4.69, 9.17) is 4.74 Å². The Hall–Kier alpha value is -3.20. The Labute approximate surface area is 162 Å². The number of hydrogen-bond acceptors (Lipinski definition) is 7. The van der Waals surface area contributed by atoms with Crippen molar-refractivity contribution in [1.29, 1.82) is 0 Å². The maximum atomic E-state index is 12.8. The number of morpholine rings is 1. The first-order valence-electron chi connectivity index (χ1n) is 9.27. The lowest BCUT2D eigenvalue weighted by molar-refractivity contribution is -0.120. The van der Waals surface area contributed by atoms with Gasteiger partial charge in [0.25, 0.3) is 5.91 Å². The number of hydrogen-bond donors (Lipinski definition) is 2. The van der Waals surface area contributed by atoms with Gasteiger partial charge in [0.1, 0.15) is 11.6 Å². The molecule has 0 aliphatic carbocycles. The molecule has 2 aliphatic rings. The summed E-state index contributed by atoms with van der Waals surface area (Å²) in [5.74, 6) is 1.12. The van der Waals surface area contributed by atoms with Gasteiger partial charge in [0.05, 0.1) is 37.2 Å². The monoisotopic (exact) mass is 382 g/mol. The van der Waals surface area contributed by atoms with Gasteiger partial charge in [-0.1, -0.05) is 0 Å². The number of nitrogens with zero attached hydrogens (tertiary/aromatic N) is 4. The van der Waals surface area contributed by atoms with E-state index in [1.807, 2.05) is 4.90 Å². The molecule has 2 aromatic rings. The fourth-order valence-electron chi connectivity index (χ4n) is 3.28. The molecule has 0 spiro atoms. The van der Waals surface area contributed by atoms with Gasteiger partial charge in [-0.3, -0.25) is 9.59 Å². The second-order valence-electron chi connectivity index (χ2n) is 6.60. The molecule has 4 heterocycles. The molecule has 9 heteroatoms. The van der Waals surface area contributed by atoms with E-state index < -0.39 is 0 Å². The molecule has 2 aromatic heterocycles. The lowest BCUT2D eigenvalue weighted by Gasteiger charge is -2.29. The van der Waals surface area contributed by atoms with E-state index in [2.05, 4.69) is 25.5 Å². The fraction of sp³-hybridized carbons (Fsp3) is 0.368. The topological polar surface area (TPSA) is 99.7 Å². The first-order valence-corrected chi connectivity index (χ1v) is 9.27. The van der Waals surface area contributed by atoms with Gasteiger partial charge in [-0.15, -0.1) is 0 Å². The van der Waals surface area contributed by atoms with E-state index in [1.54, 1.807) is 36.7 Å². The first kappa shape index (κ1) is 18.2. The van der Waals surface area contributed by atoms with Crippen molar-refractivity contribution in [2.75, 3.05) is 61.1 Å². The lowest BCUT2D eigenvalue weighted by Crippen LogP contribution is -2.48. The highest BCUT2D eigenvalue weighted by Crippen LogP contribution is 2.21. The van der Waals surface area contributed by atoms with Crippen LogP contribution >= 0.6 is 0 Å². The highest BCUT2D eigenvalue weighted by atomic mass is 16.5. The second kappa shape index (κ2) is 8.22. The number of anilines is 3. The van der Waals surface area contributed by atoms with Crippen molar-refractivity contribution < 1.29 is 14.3 Å². The average molecular weight is 382 g/mol. The minimum Gasteiger partial charge on any atom is -0.378 e. The van der Waals surface area contributed by atoms with Crippen LogP contribution in [-0.2, 0) is 9.53 Å². The van der Waals surface area contributed by atoms with Gasteiger partial charge in [0.15, 0.2) is 0 Å². The molecule has 2 N–H and O–H groups in total. The summed E-state index contributed by atoms with van der Waals surface area (Å²) in [4.78, 5) is 37.1. The van der Waals surface area contributed by atoms with Crippen LogP contribution in [0.5, 0.6) is 0 Å². The summed E-state index contributed by atoms with van der Waals surface area (Å²) in [5.41, 5.74) is 1.10. The molecule has 2 amide bonds. The van der Waals surface area contributed by atoms with Crippen molar-refractivity contribution in [3.63, 3.8) is 0 Å². The highest BCUT2D eigenvalue weighted by Gasteiger charge is 2.21. The summed E-state index contributed by atoms with van der Waals surface area (Å²) >= 11 is 0. The van der Waals surface area contributed by atoms with Crippen LogP contribution in [0, 0.1) is 0 Å². The SMILES string of the molecule is O=C1CN(c2ccc(NC(=O)c3cccnc3N3CCOCC3)cn2)CCN1. The number of ether oxygens (including phenoxy) is 1. The molecule has 0 saturated carbocycles. The maximum Gasteiger partial charge on any atom is 0.259 e. The third-order valence-corrected chi connectivity index (χ3v) is 4.71. The Kier molecular flexibility index (Phi) is 5.34. The van der Waals surface area contributed by atoms with Crippen molar-refractivity contribution in [1.82, 2.24) is 15.3 Å². The third kappa shape index (κ3) is 4.04. The standard InChI is InChI=1S/C19H22N6O3/c26-17-13-25(7-6-20-17)16-4-3-14(12-22-16)23-19(27)15-2-1-5-21-18(15)24-8-10-28-11-9-24/h1-5,12H,6-11,13H2,(H,20,26)(H,23,27). The molecular weight excluding hydrogens is 360 g/mol. The van der Waals surface area contributed by atoms with Gasteiger partial charge >= 0.3 is 0 Å². The molecule has 2 saturated heterocycles. The average Bonchev–Trinajstić information content (AvgIpc) is 2.75. The van der Waals surface area contributed by atoms with Crippen molar-refractivity contribution in [3.05, 3.63) is 42.2 Å². The molecule has 4 rings (SSSR count). The second-order valence-corrected chi connectivity index (χ2v) is 6.60. The molecule has 146 valence electrons. The molecule has 0 aromatic carbocycles. The van der Waals surface area contributed by atoms with Crippen LogP contribution in [0.15, 0.2) is 36.7 Å². The Balaban J connectivity index is 1.46. The van der Waals surface area contributed by atoms with Gasteiger partial charge < -0.3 is 25.2 Å². The predicted octanol–water partition coefficient (Wildman–Crippen LogP) is 0.502. The zero-order valence-electron chi connectivity index (χ0n) is 15.4. The van der Waals surface area contributed by atoms with Gasteiger partial charge in [-0.25, -0.2) is 9.97 Å². The van der Waals surface area contributed by atoms with Gasteiger partial charge in [-0.05, 0) is 24.3 Å². The van der Waals surface area contributed by atoms with Crippen molar-refractivity contribution in [2.45, 2.75) is 0 Å². The van der Waals surface area contributed by atoms with Crippen LogP contribution in [0.3, 0.4) is 0 Å². The molecule has 28 heavy (non-hydrogen) atoms. The summed E-state index contributed by atoms with van der Waals surface area (Å²) in [5, 5.41) is 5.67. The van der Waals surface area contributed by atoms with E-state index in [9.17, 15) is 9.59 Å². The minimum atomic E-state index is -0.235. The normalized spacial score (nSPS) is 17.2. The number of nitrogens with one attached hydrogen (secondary N) is 2. The number of amides is 2. The van der Waals surface area contributed by atoms with E-state index in [-0.39, 0.29) is 18.4 Å². The smallest absolute Gasteiger partial charge is 0.259 e. The number of carbonyl (C=O) groups is 2. The van der Waals surface area contributed by atoms with Crippen molar-refractivity contribution >= 4 is 29.1 Å². The minimum absolute atomic E-state index is 0.0161. The summed E-state index contributed by atoms with van der Waals surface area (Å²) in [6.45, 7) is 4.26. The number of rotatable bonds is 4. The number of piperazine rings is 1. The van der Waals surface area contributed by atoms with E-state index in [1.165, 1.54) is 0 Å². The Morgan fingerprint density at radius 2 is 1.96 bits per heavy atom. The number of aromatic nitrogens is 2. The molecule has 9 nitrogen and oxygen atoms in total. The molecule has 0 unspecified atom stereocenters. The molecular formula is C19H22N6O3. The molecule has 2 aliphatic heterocycles. The fourth-order valence-corrected chi connectivity index (χ4v) is 3.28. The Morgan fingerprint density at radius 1 is 1.11 bits per heavy atom. The van der Waals surface area contributed by atoms with Crippen LogP contribution in [0.25, 0.3) is 0 Å². The van der Waals surface area contributed by atoms with Crippen molar-refractivity contribution in [3.8, 4) is 0 Å². The van der Waals surface area contributed by atoms with Gasteiger partial charge in [0.2, 0.25) is 5.91 Å². The molecule has 2 fully saturated rings. The Bertz CT molecular complexity index is 851. The zero-order valence-corrected chi connectivity index (χ0v) is 15.4. The summed E-state index contributed by atoms with van der Waals surface area (Å²) < 4.78 is 5.38. The van der Waals surface area contributed by atoms with Crippen LogP contribution in [0.2, 0.25) is 0 Å². The van der Waals surface area contributed by atoms with E-state index in [0.717, 1.165) is 0 Å². The first-order chi connectivity index (χ1) is 13.7. The number of carbonyl (C=O) groups excluding carboxylic acids is 2. The number of pyridine rings is 2.